The Labute approximate surface area is 74.1 Å². The lowest BCUT2D eigenvalue weighted by molar-refractivity contribution is 0.309. The number of hydrogen-bond acceptors (Lipinski definition) is 1. The summed E-state index contributed by atoms with van der Waals surface area (Å²) in [7, 11) is -1.80. The maximum Gasteiger partial charge on any atom is 0.145 e. The number of alkyl halides is 1. The minimum atomic E-state index is -1.80. The van der Waals surface area contributed by atoms with Crippen molar-refractivity contribution in [3.8, 4) is 0 Å². The highest BCUT2D eigenvalue weighted by atomic mass is 31.2. The lowest BCUT2D eigenvalue weighted by Gasteiger charge is -2.15. The fraction of sp³-hybridized carbons (Fsp3) is 0.778. The van der Waals surface area contributed by atoms with Gasteiger partial charge < -0.3 is 0 Å². The molecule has 0 aromatic rings. The fourth-order valence-corrected chi connectivity index (χ4v) is 4.27. The van der Waals surface area contributed by atoms with E-state index in [-0.39, 0.29) is 0 Å². The van der Waals surface area contributed by atoms with Crippen molar-refractivity contribution in [2.24, 2.45) is 0 Å². The second-order valence-electron chi connectivity index (χ2n) is 3.54. The topological polar surface area (TPSA) is 20.2 Å². The normalized spacial score (nSPS) is 37.3. The molecule has 1 aliphatic rings. The Bertz CT molecular complexity index is 163. The molecule has 0 bridgehead atoms. The minimum Gasteiger partial charge on any atom is -0.251 e. The van der Waals surface area contributed by atoms with Crippen LogP contribution in [0.5, 0.6) is 0 Å². The predicted octanol–water partition coefficient (Wildman–Crippen LogP) is 2.62. The first-order valence-electron chi connectivity index (χ1n) is 4.50. The average Bonchev–Trinajstić information content (AvgIpc) is 2.15. The van der Waals surface area contributed by atoms with Crippen LogP contribution in [0.15, 0.2) is 12.7 Å². The molecule has 0 amide bonds. The molecule has 0 radical (unpaired) electrons. The van der Waals surface area contributed by atoms with E-state index in [1.54, 1.807) is 6.08 Å². The molecular weight excluding hydrogens is 174 g/mol. The molecule has 0 aliphatic carbocycles. The van der Waals surface area contributed by atoms with E-state index in [1.165, 1.54) is 0 Å². The highest BCUT2D eigenvalue weighted by Gasteiger charge is 2.36. The van der Waals surface area contributed by atoms with E-state index < -0.39 is 13.7 Å². The van der Waals surface area contributed by atoms with Crippen LogP contribution >= 0.6 is 7.49 Å². The minimum absolute atomic E-state index is 0.554. The Morgan fingerprint density at radius 3 is 2.92 bits per heavy atom. The molecule has 1 fully saturated rings. The van der Waals surface area contributed by atoms with Crippen molar-refractivity contribution in [1.29, 1.82) is 0 Å². The molecule has 1 N–H and O–H groups in total. The zero-order valence-corrected chi connectivity index (χ0v) is 8.27. The lowest BCUT2D eigenvalue weighted by atomic mass is 10.2. The van der Waals surface area contributed by atoms with Gasteiger partial charge in [0.1, 0.15) is 19.8 Å². The molecule has 1 aliphatic heterocycles. The van der Waals surface area contributed by atoms with Crippen molar-refractivity contribution in [3.63, 3.8) is 0 Å². The van der Waals surface area contributed by atoms with Crippen molar-refractivity contribution in [2.75, 3.05) is 18.5 Å². The van der Waals surface area contributed by atoms with Crippen molar-refractivity contribution >= 4 is 7.49 Å². The largest absolute Gasteiger partial charge is 0.251 e. The smallest absolute Gasteiger partial charge is 0.145 e. The first kappa shape index (κ1) is 10.1. The number of halogens is 1. The summed E-state index contributed by atoms with van der Waals surface area (Å²) < 4.78 is 12.9. The summed E-state index contributed by atoms with van der Waals surface area (Å²) in [5.41, 5.74) is 0. The van der Waals surface area contributed by atoms with Gasteiger partial charge in [-0.15, -0.1) is 0 Å². The van der Waals surface area contributed by atoms with E-state index in [4.69, 9.17) is 0 Å². The summed E-state index contributed by atoms with van der Waals surface area (Å²) in [6, 6.07) is 0. The molecule has 2 atom stereocenters. The van der Waals surface area contributed by atoms with Gasteiger partial charge in [0, 0.05) is 6.42 Å². The van der Waals surface area contributed by atoms with E-state index in [9.17, 15) is 9.28 Å². The fourth-order valence-electron chi connectivity index (χ4n) is 1.67. The molecule has 0 saturated carbocycles. The molecule has 1 saturated heterocycles. The van der Waals surface area contributed by atoms with Crippen molar-refractivity contribution in [1.82, 2.24) is 0 Å². The van der Waals surface area contributed by atoms with Crippen molar-refractivity contribution in [3.05, 3.63) is 12.7 Å². The van der Waals surface area contributed by atoms with E-state index in [2.05, 4.69) is 6.58 Å². The highest BCUT2D eigenvalue weighted by molar-refractivity contribution is 7.70. The third-order valence-electron chi connectivity index (χ3n) is 2.42. The first-order chi connectivity index (χ1) is 5.66. The quantitative estimate of drug-likeness (QED) is 0.525. The van der Waals surface area contributed by atoms with Gasteiger partial charge in [-0.2, -0.15) is 0 Å². The van der Waals surface area contributed by atoms with Crippen LogP contribution < -0.4 is 0 Å². The SMILES string of the molecule is C=CC[P+]1(O)CCCC(F)CC1. The van der Waals surface area contributed by atoms with Crippen LogP contribution in [0.1, 0.15) is 19.3 Å². The molecule has 0 aromatic heterocycles. The summed E-state index contributed by atoms with van der Waals surface area (Å²) in [5, 5.41) is 0. The molecule has 12 heavy (non-hydrogen) atoms. The van der Waals surface area contributed by atoms with Gasteiger partial charge in [0.05, 0.1) is 12.3 Å². The summed E-state index contributed by atoms with van der Waals surface area (Å²) in [6.45, 7) is 3.62. The van der Waals surface area contributed by atoms with Crippen LogP contribution in [0, 0.1) is 0 Å². The summed E-state index contributed by atoms with van der Waals surface area (Å²) in [6.07, 6.45) is 5.37. The summed E-state index contributed by atoms with van der Waals surface area (Å²) >= 11 is 0. The standard InChI is InChI=1S/C9H17FOP/c1-2-6-12(11)7-3-4-9(10)5-8-12/h2,9,11H,1,3-8H2/q+1. The summed E-state index contributed by atoms with van der Waals surface area (Å²) in [4.78, 5) is 10.0. The van der Waals surface area contributed by atoms with Crippen LogP contribution in [-0.4, -0.2) is 29.6 Å². The third-order valence-corrected chi connectivity index (χ3v) is 5.60. The van der Waals surface area contributed by atoms with Gasteiger partial charge in [-0.25, -0.2) is 4.39 Å². The maximum absolute atomic E-state index is 12.9. The Balaban J connectivity index is 2.48. The Kier molecular flexibility index (Phi) is 3.67. The van der Waals surface area contributed by atoms with Crippen LogP contribution in [0.3, 0.4) is 0 Å². The molecular formula is C9H17FOP+. The van der Waals surface area contributed by atoms with Crippen LogP contribution in [0.4, 0.5) is 4.39 Å². The van der Waals surface area contributed by atoms with Gasteiger partial charge in [-0.3, -0.25) is 4.89 Å². The Morgan fingerprint density at radius 1 is 1.50 bits per heavy atom. The monoisotopic (exact) mass is 191 g/mol. The van der Waals surface area contributed by atoms with E-state index >= 15 is 0 Å². The molecule has 70 valence electrons. The molecule has 2 unspecified atom stereocenters. The van der Waals surface area contributed by atoms with Crippen molar-refractivity contribution < 1.29 is 9.28 Å². The van der Waals surface area contributed by atoms with Gasteiger partial charge in [0.2, 0.25) is 0 Å². The van der Waals surface area contributed by atoms with Gasteiger partial charge in [0.15, 0.2) is 0 Å². The zero-order chi connectivity index (χ0) is 9.03. The van der Waals surface area contributed by atoms with E-state index in [1.807, 2.05) is 0 Å². The number of rotatable bonds is 2. The molecule has 3 heteroatoms. The Morgan fingerprint density at radius 2 is 2.25 bits per heavy atom. The van der Waals surface area contributed by atoms with Crippen LogP contribution in [-0.2, 0) is 0 Å². The second kappa shape index (κ2) is 4.34. The van der Waals surface area contributed by atoms with Gasteiger partial charge in [0.25, 0.3) is 0 Å². The second-order valence-corrected chi connectivity index (χ2v) is 6.99. The first-order valence-corrected chi connectivity index (χ1v) is 6.80. The van der Waals surface area contributed by atoms with Gasteiger partial charge in [-0.05, 0) is 12.8 Å². The lowest BCUT2D eigenvalue weighted by Crippen LogP contribution is -2.04. The number of allylic oxidation sites excluding steroid dienone is 1. The maximum atomic E-state index is 12.9. The van der Waals surface area contributed by atoms with Gasteiger partial charge in [-0.1, -0.05) is 12.7 Å². The molecule has 0 spiro atoms. The Hall–Kier alpha value is 0.0600. The number of hydrogen-bond donors (Lipinski definition) is 1. The van der Waals surface area contributed by atoms with Gasteiger partial charge >= 0.3 is 0 Å². The molecule has 1 nitrogen and oxygen atoms in total. The zero-order valence-electron chi connectivity index (χ0n) is 7.38. The highest BCUT2D eigenvalue weighted by Crippen LogP contribution is 2.57. The predicted molar refractivity (Wildman–Crippen MR) is 52.7 cm³/mol. The average molecular weight is 191 g/mol. The molecule has 1 rings (SSSR count). The van der Waals surface area contributed by atoms with Crippen LogP contribution in [0.2, 0.25) is 0 Å². The molecule has 0 aromatic carbocycles. The van der Waals surface area contributed by atoms with Crippen LogP contribution in [0.25, 0.3) is 0 Å². The third kappa shape index (κ3) is 2.84. The van der Waals surface area contributed by atoms with E-state index in [0.29, 0.717) is 25.2 Å². The van der Waals surface area contributed by atoms with E-state index in [0.717, 1.165) is 12.6 Å². The summed E-state index contributed by atoms with van der Waals surface area (Å²) in [5.74, 6) is 0. The van der Waals surface area contributed by atoms with Crippen molar-refractivity contribution in [2.45, 2.75) is 25.4 Å². The molecule has 1 heterocycles.